The zero-order valence-electron chi connectivity index (χ0n) is 13.6. The van der Waals surface area contributed by atoms with Gasteiger partial charge in [0, 0.05) is 13.6 Å². The quantitative estimate of drug-likeness (QED) is 0.903. The first-order valence-corrected chi connectivity index (χ1v) is 8.10. The molecule has 3 nitrogen and oxygen atoms in total. The summed E-state index contributed by atoms with van der Waals surface area (Å²) in [5, 5.41) is 3.38. The first-order valence-electron chi connectivity index (χ1n) is 8.10. The van der Waals surface area contributed by atoms with Gasteiger partial charge in [0.2, 0.25) is 5.91 Å². The summed E-state index contributed by atoms with van der Waals surface area (Å²) in [5.74, 6) is 0.328. The molecular formula is C18H28N2O. The zero-order valence-corrected chi connectivity index (χ0v) is 13.6. The third-order valence-corrected chi connectivity index (χ3v) is 4.76. The van der Waals surface area contributed by atoms with Crippen molar-refractivity contribution in [1.82, 2.24) is 10.2 Å². The summed E-state index contributed by atoms with van der Waals surface area (Å²) in [6.45, 7) is 6.93. The summed E-state index contributed by atoms with van der Waals surface area (Å²) in [7, 11) is 1.95. The Bertz CT molecular complexity index is 472. The van der Waals surface area contributed by atoms with Gasteiger partial charge in [-0.3, -0.25) is 4.79 Å². The summed E-state index contributed by atoms with van der Waals surface area (Å²) < 4.78 is 0. The van der Waals surface area contributed by atoms with Crippen molar-refractivity contribution in [2.75, 3.05) is 20.1 Å². The first kappa shape index (κ1) is 16.0. The van der Waals surface area contributed by atoms with Gasteiger partial charge in [-0.05, 0) is 50.4 Å². The molecule has 116 valence electrons. The number of benzene rings is 1. The van der Waals surface area contributed by atoms with Crippen molar-refractivity contribution in [2.45, 2.75) is 46.1 Å². The van der Waals surface area contributed by atoms with Crippen LogP contribution in [0.4, 0.5) is 0 Å². The maximum Gasteiger partial charge on any atom is 0.228 e. The van der Waals surface area contributed by atoms with E-state index >= 15 is 0 Å². The number of piperidine rings is 1. The Kier molecular flexibility index (Phi) is 5.40. The molecule has 0 spiro atoms. The molecule has 1 aliphatic rings. The Morgan fingerprint density at radius 3 is 2.57 bits per heavy atom. The van der Waals surface area contributed by atoms with Gasteiger partial charge in [-0.15, -0.1) is 0 Å². The average molecular weight is 288 g/mol. The van der Waals surface area contributed by atoms with Crippen molar-refractivity contribution in [3.63, 3.8) is 0 Å². The third-order valence-electron chi connectivity index (χ3n) is 4.76. The number of carbonyl (C=O) groups excluding carboxylic acids is 1. The molecule has 1 aromatic rings. The molecule has 1 N–H and O–H groups in total. The number of nitrogens with one attached hydrogen (secondary N) is 1. The lowest BCUT2D eigenvalue weighted by molar-refractivity contribution is -0.143. The second-order valence-electron chi connectivity index (χ2n) is 6.37. The fourth-order valence-corrected chi connectivity index (χ4v) is 3.47. The highest BCUT2D eigenvalue weighted by molar-refractivity contribution is 5.82. The van der Waals surface area contributed by atoms with E-state index in [0.29, 0.717) is 12.5 Å². The van der Waals surface area contributed by atoms with Crippen molar-refractivity contribution in [3.8, 4) is 0 Å². The van der Waals surface area contributed by atoms with Gasteiger partial charge in [-0.2, -0.15) is 0 Å². The van der Waals surface area contributed by atoms with Crippen molar-refractivity contribution in [1.29, 1.82) is 0 Å². The number of amides is 1. The van der Waals surface area contributed by atoms with E-state index in [1.165, 1.54) is 11.1 Å². The lowest BCUT2D eigenvalue weighted by Gasteiger charge is -2.39. The smallest absolute Gasteiger partial charge is 0.228 e. The van der Waals surface area contributed by atoms with E-state index in [1.54, 1.807) is 0 Å². The van der Waals surface area contributed by atoms with Crippen LogP contribution in [0.5, 0.6) is 0 Å². The Balaban J connectivity index is 2.11. The fraction of sp³-hybridized carbons (Fsp3) is 0.611. The summed E-state index contributed by atoms with van der Waals surface area (Å²) in [6, 6.07) is 8.33. The van der Waals surface area contributed by atoms with E-state index in [2.05, 4.69) is 31.3 Å². The van der Waals surface area contributed by atoms with Crippen LogP contribution in [0, 0.1) is 12.3 Å². The van der Waals surface area contributed by atoms with Crippen LogP contribution >= 0.6 is 0 Å². The molecule has 0 bridgehead atoms. The number of hydrogen-bond donors (Lipinski definition) is 1. The van der Waals surface area contributed by atoms with Crippen LogP contribution in [-0.2, 0) is 11.3 Å². The lowest BCUT2D eigenvalue weighted by Crippen LogP contribution is -2.48. The molecule has 1 fully saturated rings. The highest BCUT2D eigenvalue weighted by atomic mass is 16.2. The van der Waals surface area contributed by atoms with E-state index in [1.807, 2.05) is 24.1 Å². The maximum absolute atomic E-state index is 13.0. The minimum absolute atomic E-state index is 0.141. The summed E-state index contributed by atoms with van der Waals surface area (Å²) >= 11 is 0. The molecule has 1 aliphatic heterocycles. The molecule has 0 saturated carbocycles. The molecule has 21 heavy (non-hydrogen) atoms. The molecule has 2 rings (SSSR count). The van der Waals surface area contributed by atoms with E-state index in [-0.39, 0.29) is 5.41 Å². The first-order chi connectivity index (χ1) is 10.1. The molecule has 0 aromatic heterocycles. The molecule has 0 atom stereocenters. The van der Waals surface area contributed by atoms with Crippen LogP contribution in [0.2, 0.25) is 0 Å². The number of nitrogens with zero attached hydrogens (tertiary/aromatic N) is 1. The fourth-order valence-electron chi connectivity index (χ4n) is 3.47. The van der Waals surface area contributed by atoms with Gasteiger partial charge in [0.25, 0.3) is 0 Å². The van der Waals surface area contributed by atoms with Gasteiger partial charge in [-0.1, -0.05) is 37.6 Å². The second kappa shape index (κ2) is 7.08. The molecule has 0 radical (unpaired) electrons. The molecule has 3 heteroatoms. The molecule has 1 saturated heterocycles. The van der Waals surface area contributed by atoms with Crippen molar-refractivity contribution in [3.05, 3.63) is 35.4 Å². The topological polar surface area (TPSA) is 32.3 Å². The molecular weight excluding hydrogens is 260 g/mol. The van der Waals surface area contributed by atoms with Gasteiger partial charge in [0.1, 0.15) is 0 Å². The number of rotatable bonds is 5. The third kappa shape index (κ3) is 3.65. The Morgan fingerprint density at radius 1 is 1.29 bits per heavy atom. The average Bonchev–Trinajstić information content (AvgIpc) is 2.50. The Labute approximate surface area is 128 Å². The summed E-state index contributed by atoms with van der Waals surface area (Å²) in [5.41, 5.74) is 2.36. The van der Waals surface area contributed by atoms with E-state index in [9.17, 15) is 4.79 Å². The van der Waals surface area contributed by atoms with Gasteiger partial charge in [0.05, 0.1) is 5.41 Å². The minimum atomic E-state index is -0.141. The highest BCUT2D eigenvalue weighted by Crippen LogP contribution is 2.36. The van der Waals surface area contributed by atoms with Gasteiger partial charge >= 0.3 is 0 Å². The Morgan fingerprint density at radius 2 is 1.95 bits per heavy atom. The summed E-state index contributed by atoms with van der Waals surface area (Å²) in [4.78, 5) is 15.0. The van der Waals surface area contributed by atoms with Crippen molar-refractivity contribution in [2.24, 2.45) is 5.41 Å². The number of aryl methyl sites for hydroxylation is 1. The van der Waals surface area contributed by atoms with Crippen LogP contribution in [0.15, 0.2) is 24.3 Å². The van der Waals surface area contributed by atoms with Crippen LogP contribution in [-0.4, -0.2) is 30.9 Å². The summed E-state index contributed by atoms with van der Waals surface area (Å²) in [6.07, 6.45) is 4.02. The molecule has 1 heterocycles. The Hall–Kier alpha value is -1.35. The normalized spacial score (nSPS) is 17.5. The van der Waals surface area contributed by atoms with Crippen molar-refractivity contribution < 1.29 is 4.79 Å². The van der Waals surface area contributed by atoms with Gasteiger partial charge in [-0.25, -0.2) is 0 Å². The molecule has 0 unspecified atom stereocenters. The predicted molar refractivity (Wildman–Crippen MR) is 87.1 cm³/mol. The van der Waals surface area contributed by atoms with Crippen LogP contribution in [0.25, 0.3) is 0 Å². The largest absolute Gasteiger partial charge is 0.341 e. The minimum Gasteiger partial charge on any atom is -0.341 e. The zero-order chi connectivity index (χ0) is 15.3. The second-order valence-corrected chi connectivity index (χ2v) is 6.37. The van der Waals surface area contributed by atoms with Gasteiger partial charge in [0.15, 0.2) is 0 Å². The number of carbonyl (C=O) groups is 1. The molecule has 1 aromatic carbocycles. The van der Waals surface area contributed by atoms with E-state index in [0.717, 1.165) is 38.8 Å². The lowest BCUT2D eigenvalue weighted by atomic mass is 9.74. The molecule has 0 aliphatic carbocycles. The van der Waals surface area contributed by atoms with Crippen LogP contribution < -0.4 is 5.32 Å². The number of hydrogen-bond acceptors (Lipinski definition) is 2. The maximum atomic E-state index is 13.0. The SMILES string of the molecule is CCCC1(C(=O)N(C)Cc2ccccc2C)CCNCC1. The van der Waals surface area contributed by atoms with Crippen molar-refractivity contribution >= 4 is 5.91 Å². The van der Waals surface area contributed by atoms with Crippen LogP contribution in [0.3, 0.4) is 0 Å². The van der Waals surface area contributed by atoms with E-state index in [4.69, 9.17) is 0 Å². The highest BCUT2D eigenvalue weighted by Gasteiger charge is 2.40. The molecule has 1 amide bonds. The van der Waals surface area contributed by atoms with E-state index < -0.39 is 0 Å². The predicted octanol–water partition coefficient (Wildman–Crippen LogP) is 3.12. The van der Waals surface area contributed by atoms with Gasteiger partial charge < -0.3 is 10.2 Å². The standard InChI is InChI=1S/C18H28N2O/c1-4-9-18(10-12-19-13-11-18)17(21)20(3)14-16-8-6-5-7-15(16)2/h5-8,19H,4,9-14H2,1-3H3. The van der Waals surface area contributed by atoms with Crippen LogP contribution in [0.1, 0.15) is 43.7 Å². The monoisotopic (exact) mass is 288 g/mol.